The summed E-state index contributed by atoms with van der Waals surface area (Å²) in [6, 6.07) is 5.35. The summed E-state index contributed by atoms with van der Waals surface area (Å²) in [4.78, 5) is 27.5. The largest absolute Gasteiger partial charge is 0.496 e. The smallest absolute Gasteiger partial charge is 0.410 e. The third-order valence-electron chi connectivity index (χ3n) is 4.23. The second-order valence-corrected chi connectivity index (χ2v) is 6.14. The van der Waals surface area contributed by atoms with Gasteiger partial charge >= 0.3 is 6.09 Å². The topological polar surface area (TPSA) is 88.5 Å². The highest BCUT2D eigenvalue weighted by molar-refractivity contribution is 5.83. The molecule has 1 heterocycles. The van der Waals surface area contributed by atoms with E-state index >= 15 is 0 Å². The monoisotopic (exact) mass is 378 g/mol. The Bertz CT molecular complexity index is 656. The van der Waals surface area contributed by atoms with Crippen molar-refractivity contribution in [3.63, 3.8) is 0 Å². The van der Waals surface area contributed by atoms with Gasteiger partial charge in [0.05, 0.1) is 45.6 Å². The summed E-state index contributed by atoms with van der Waals surface area (Å²) in [5.74, 6) is 0.878. The van der Waals surface area contributed by atoms with Crippen LogP contribution >= 0.6 is 0 Å². The first-order chi connectivity index (χ1) is 13.0. The third-order valence-corrected chi connectivity index (χ3v) is 4.23. The van der Waals surface area contributed by atoms with E-state index in [0.717, 1.165) is 0 Å². The van der Waals surface area contributed by atoms with Crippen molar-refractivity contribution in [2.45, 2.75) is 19.1 Å². The van der Waals surface area contributed by atoms with Crippen LogP contribution in [0.4, 0.5) is 4.79 Å². The molecule has 2 amide bonds. The van der Waals surface area contributed by atoms with Gasteiger partial charge in [-0.3, -0.25) is 9.69 Å². The van der Waals surface area contributed by atoms with Crippen molar-refractivity contribution in [1.82, 2.24) is 9.80 Å². The average Bonchev–Trinajstić information content (AvgIpc) is 2.80. The molecule has 148 valence electrons. The molecule has 0 radical (unpaired) electrons. The second kappa shape index (κ2) is 9.82. The zero-order valence-corrected chi connectivity index (χ0v) is 15.7. The quantitative estimate of drug-likeness (QED) is 0.570. The van der Waals surface area contributed by atoms with Gasteiger partial charge in [0.2, 0.25) is 5.91 Å². The number of aliphatic hydroxyl groups excluding tert-OH is 1. The highest BCUT2D eigenvalue weighted by Crippen LogP contribution is 2.30. The summed E-state index contributed by atoms with van der Waals surface area (Å²) >= 11 is 0. The van der Waals surface area contributed by atoms with Gasteiger partial charge in [-0.2, -0.15) is 0 Å². The zero-order chi connectivity index (χ0) is 19.8. The van der Waals surface area contributed by atoms with Gasteiger partial charge in [0.15, 0.2) is 0 Å². The van der Waals surface area contributed by atoms with Crippen LogP contribution in [0.1, 0.15) is 12.0 Å². The maximum atomic E-state index is 12.7. The predicted molar refractivity (Wildman–Crippen MR) is 98.7 cm³/mol. The van der Waals surface area contributed by atoms with Crippen LogP contribution < -0.4 is 9.47 Å². The van der Waals surface area contributed by atoms with E-state index < -0.39 is 12.2 Å². The van der Waals surface area contributed by atoms with E-state index in [4.69, 9.17) is 14.2 Å². The Hall–Kier alpha value is -2.74. The molecule has 0 spiro atoms. The van der Waals surface area contributed by atoms with Crippen molar-refractivity contribution in [3.05, 3.63) is 36.4 Å². The van der Waals surface area contributed by atoms with Gasteiger partial charge in [0.1, 0.15) is 18.0 Å². The number of nitrogens with zero attached hydrogens (tertiary/aromatic N) is 2. The molecule has 1 N–H and O–H groups in total. The molecule has 1 aliphatic rings. The van der Waals surface area contributed by atoms with Crippen molar-refractivity contribution >= 4 is 12.0 Å². The van der Waals surface area contributed by atoms with Crippen LogP contribution in [-0.2, 0) is 16.1 Å². The van der Waals surface area contributed by atoms with E-state index in [1.807, 2.05) is 0 Å². The van der Waals surface area contributed by atoms with Gasteiger partial charge in [-0.15, -0.1) is 6.58 Å². The number of hydrogen-bond acceptors (Lipinski definition) is 6. The highest BCUT2D eigenvalue weighted by Gasteiger charge is 2.31. The molecule has 27 heavy (non-hydrogen) atoms. The van der Waals surface area contributed by atoms with Gasteiger partial charge in [-0.25, -0.2) is 4.79 Å². The number of ether oxygens (including phenoxy) is 3. The molecule has 0 saturated carbocycles. The SMILES string of the molecule is C=CCCOC(=O)N1CC(=O)N(Cc2c(OC)cccc2OC)CC(O)C1. The molecule has 1 aromatic rings. The summed E-state index contributed by atoms with van der Waals surface area (Å²) in [5, 5.41) is 10.3. The lowest BCUT2D eigenvalue weighted by Gasteiger charge is -2.24. The first-order valence-electron chi connectivity index (χ1n) is 8.68. The minimum Gasteiger partial charge on any atom is -0.496 e. The normalized spacial score (nSPS) is 17.3. The van der Waals surface area contributed by atoms with Gasteiger partial charge in [0, 0.05) is 6.54 Å². The number of methoxy groups -OCH3 is 2. The third kappa shape index (κ3) is 5.37. The van der Waals surface area contributed by atoms with Crippen LogP contribution in [0.2, 0.25) is 0 Å². The Morgan fingerprint density at radius 3 is 2.56 bits per heavy atom. The van der Waals surface area contributed by atoms with Crippen LogP contribution in [0, 0.1) is 0 Å². The molecule has 2 rings (SSSR count). The van der Waals surface area contributed by atoms with Crippen LogP contribution in [0.15, 0.2) is 30.9 Å². The lowest BCUT2D eigenvalue weighted by Crippen LogP contribution is -2.39. The van der Waals surface area contributed by atoms with E-state index in [9.17, 15) is 14.7 Å². The van der Waals surface area contributed by atoms with Crippen LogP contribution in [0.25, 0.3) is 0 Å². The molecule has 0 aliphatic carbocycles. The number of carbonyl (C=O) groups excluding carboxylic acids is 2. The maximum absolute atomic E-state index is 12.7. The van der Waals surface area contributed by atoms with Crippen molar-refractivity contribution in [3.8, 4) is 11.5 Å². The zero-order valence-electron chi connectivity index (χ0n) is 15.7. The Kier molecular flexibility index (Phi) is 7.48. The van der Waals surface area contributed by atoms with E-state index in [0.29, 0.717) is 23.5 Å². The molecule has 1 fully saturated rings. The number of aliphatic hydroxyl groups is 1. The lowest BCUT2D eigenvalue weighted by molar-refractivity contribution is -0.132. The van der Waals surface area contributed by atoms with Crippen molar-refractivity contribution in [2.75, 3.05) is 40.5 Å². The number of amides is 2. The summed E-state index contributed by atoms with van der Waals surface area (Å²) < 4.78 is 15.8. The molecule has 1 aromatic carbocycles. The molecular weight excluding hydrogens is 352 g/mol. The number of β-amino-alcohol motifs (C(OH)–C–C–N with tert-alkyl or cyclic N) is 1. The number of rotatable bonds is 7. The molecule has 1 aliphatic heterocycles. The van der Waals surface area contributed by atoms with Gasteiger partial charge in [0.25, 0.3) is 0 Å². The molecule has 0 bridgehead atoms. The average molecular weight is 378 g/mol. The summed E-state index contributed by atoms with van der Waals surface area (Å²) in [7, 11) is 3.08. The van der Waals surface area contributed by atoms with Crippen molar-refractivity contribution < 1.29 is 28.9 Å². The first kappa shape index (κ1) is 20.6. The van der Waals surface area contributed by atoms with Crippen LogP contribution in [-0.4, -0.2) is 73.5 Å². The Morgan fingerprint density at radius 1 is 1.30 bits per heavy atom. The first-order valence-corrected chi connectivity index (χ1v) is 8.68. The molecule has 1 unspecified atom stereocenters. The fraction of sp³-hybridized carbons (Fsp3) is 0.474. The van der Waals surface area contributed by atoms with E-state index in [1.165, 1.54) is 9.80 Å². The molecule has 8 nitrogen and oxygen atoms in total. The fourth-order valence-electron chi connectivity index (χ4n) is 2.88. The summed E-state index contributed by atoms with van der Waals surface area (Å²) in [5.41, 5.74) is 0.699. The lowest BCUT2D eigenvalue weighted by atomic mass is 10.1. The van der Waals surface area contributed by atoms with Crippen LogP contribution in [0.5, 0.6) is 11.5 Å². The standard InChI is InChI=1S/C19H26N2O6/c1-4-5-9-27-19(24)21-11-14(22)10-20(18(23)13-21)12-15-16(25-2)7-6-8-17(15)26-3/h4,6-8,14,22H,1,5,9-13H2,2-3H3. The molecule has 1 atom stereocenters. The number of carbonyl (C=O) groups is 2. The molecule has 0 aromatic heterocycles. The van der Waals surface area contributed by atoms with Crippen molar-refractivity contribution in [1.29, 1.82) is 0 Å². The minimum absolute atomic E-state index is 0.0260. The Balaban J connectivity index is 2.13. The van der Waals surface area contributed by atoms with E-state index in [1.54, 1.807) is 38.5 Å². The number of hydrogen-bond donors (Lipinski definition) is 1. The Labute approximate surface area is 158 Å². The molecular formula is C19H26N2O6. The highest BCUT2D eigenvalue weighted by atomic mass is 16.6. The minimum atomic E-state index is -0.885. The fourth-order valence-corrected chi connectivity index (χ4v) is 2.88. The summed E-state index contributed by atoms with van der Waals surface area (Å²) in [6.45, 7) is 3.90. The van der Waals surface area contributed by atoms with Crippen molar-refractivity contribution in [2.24, 2.45) is 0 Å². The number of benzene rings is 1. The van der Waals surface area contributed by atoms with Gasteiger partial charge in [-0.1, -0.05) is 12.1 Å². The van der Waals surface area contributed by atoms with E-state index in [-0.39, 0.29) is 38.7 Å². The Morgan fingerprint density at radius 2 is 1.96 bits per heavy atom. The van der Waals surface area contributed by atoms with Gasteiger partial charge in [-0.05, 0) is 18.6 Å². The molecule has 8 heteroatoms. The summed E-state index contributed by atoms with van der Waals surface area (Å²) in [6.07, 6.45) is 0.651. The predicted octanol–water partition coefficient (Wildman–Crippen LogP) is 1.42. The van der Waals surface area contributed by atoms with Crippen LogP contribution in [0.3, 0.4) is 0 Å². The maximum Gasteiger partial charge on any atom is 0.410 e. The molecule has 1 saturated heterocycles. The van der Waals surface area contributed by atoms with E-state index in [2.05, 4.69) is 6.58 Å². The van der Waals surface area contributed by atoms with Gasteiger partial charge < -0.3 is 24.2 Å². The second-order valence-electron chi connectivity index (χ2n) is 6.14.